The summed E-state index contributed by atoms with van der Waals surface area (Å²) in [7, 11) is 0. The Balaban J connectivity index is 2.42. The second-order valence-corrected chi connectivity index (χ2v) is 2.71. The van der Waals surface area contributed by atoms with Crippen LogP contribution in [0.5, 0.6) is 0 Å². The van der Waals surface area contributed by atoms with E-state index in [0.717, 1.165) is 0 Å². The van der Waals surface area contributed by atoms with Crippen LogP contribution in [0.3, 0.4) is 0 Å². The zero-order chi connectivity index (χ0) is 5.28. The smallest absolute Gasteiger partial charge is 0.174 e. The topological polar surface area (TPSA) is 12.0 Å². The summed E-state index contributed by atoms with van der Waals surface area (Å²) in [6, 6.07) is 0. The first-order valence-electron chi connectivity index (χ1n) is 2.07. The van der Waals surface area contributed by atoms with Gasteiger partial charge in [-0.3, -0.25) is 0 Å². The SMILES string of the molecule is CC1NC=C(F)S1. The van der Waals surface area contributed by atoms with Gasteiger partial charge in [-0.15, -0.1) is 0 Å². The molecule has 1 rings (SSSR count). The van der Waals surface area contributed by atoms with Crippen LogP contribution in [-0.4, -0.2) is 5.37 Å². The van der Waals surface area contributed by atoms with Crippen molar-refractivity contribution in [2.75, 3.05) is 0 Å². The molecule has 1 N–H and O–H groups in total. The van der Waals surface area contributed by atoms with Gasteiger partial charge in [0.05, 0.1) is 5.37 Å². The predicted molar refractivity (Wildman–Crippen MR) is 29.4 cm³/mol. The largest absolute Gasteiger partial charge is 0.376 e. The summed E-state index contributed by atoms with van der Waals surface area (Å²) in [6.45, 7) is 1.91. The van der Waals surface area contributed by atoms with Crippen molar-refractivity contribution in [1.29, 1.82) is 0 Å². The lowest BCUT2D eigenvalue weighted by Gasteiger charge is -1.96. The number of rotatable bonds is 0. The van der Waals surface area contributed by atoms with E-state index in [9.17, 15) is 4.39 Å². The van der Waals surface area contributed by atoms with Crippen molar-refractivity contribution in [3.05, 3.63) is 11.4 Å². The summed E-state index contributed by atoms with van der Waals surface area (Å²) < 4.78 is 11.9. The molecule has 0 aliphatic carbocycles. The van der Waals surface area contributed by atoms with E-state index in [4.69, 9.17) is 0 Å². The van der Waals surface area contributed by atoms with Crippen LogP contribution in [0, 0.1) is 0 Å². The monoisotopic (exact) mass is 119 g/mol. The summed E-state index contributed by atoms with van der Waals surface area (Å²) >= 11 is 1.20. The molecular weight excluding hydrogens is 113 g/mol. The third kappa shape index (κ3) is 1.09. The van der Waals surface area contributed by atoms with Crippen molar-refractivity contribution in [2.24, 2.45) is 0 Å². The lowest BCUT2D eigenvalue weighted by molar-refractivity contribution is 0.696. The maximum Gasteiger partial charge on any atom is 0.174 e. The van der Waals surface area contributed by atoms with E-state index in [2.05, 4.69) is 5.32 Å². The first kappa shape index (κ1) is 4.97. The number of hydrogen-bond acceptors (Lipinski definition) is 2. The Morgan fingerprint density at radius 1 is 2.00 bits per heavy atom. The number of hydrogen-bond donors (Lipinski definition) is 1. The first-order valence-corrected chi connectivity index (χ1v) is 2.95. The van der Waals surface area contributed by atoms with E-state index in [1.165, 1.54) is 18.0 Å². The van der Waals surface area contributed by atoms with Crippen LogP contribution in [0.25, 0.3) is 0 Å². The van der Waals surface area contributed by atoms with Crippen LogP contribution in [0.1, 0.15) is 6.92 Å². The van der Waals surface area contributed by atoms with Crippen LogP contribution < -0.4 is 5.32 Å². The fourth-order valence-corrected chi connectivity index (χ4v) is 1.03. The highest BCUT2D eigenvalue weighted by atomic mass is 32.2. The van der Waals surface area contributed by atoms with Gasteiger partial charge in [-0.2, -0.15) is 4.39 Å². The Kier molecular flexibility index (Phi) is 1.23. The van der Waals surface area contributed by atoms with Crippen molar-refractivity contribution in [2.45, 2.75) is 12.3 Å². The van der Waals surface area contributed by atoms with Crippen LogP contribution in [0.15, 0.2) is 11.4 Å². The molecule has 0 saturated carbocycles. The molecule has 1 heterocycles. The molecule has 40 valence electrons. The molecule has 0 saturated heterocycles. The van der Waals surface area contributed by atoms with Crippen molar-refractivity contribution in [3.8, 4) is 0 Å². The molecule has 1 nitrogen and oxygen atoms in total. The van der Waals surface area contributed by atoms with Crippen molar-refractivity contribution in [3.63, 3.8) is 0 Å². The summed E-state index contributed by atoms with van der Waals surface area (Å²) in [4.78, 5) is 0. The van der Waals surface area contributed by atoms with Gasteiger partial charge in [0.2, 0.25) is 0 Å². The average Bonchev–Trinajstić information content (AvgIpc) is 1.87. The van der Waals surface area contributed by atoms with Crippen LogP contribution in [-0.2, 0) is 0 Å². The van der Waals surface area contributed by atoms with E-state index in [0.29, 0.717) is 0 Å². The third-order valence-electron chi connectivity index (χ3n) is 0.721. The Morgan fingerprint density at radius 2 is 2.71 bits per heavy atom. The fourth-order valence-electron chi connectivity index (χ4n) is 0.420. The molecule has 3 heteroatoms. The highest BCUT2D eigenvalue weighted by molar-refractivity contribution is 8.03. The molecule has 0 fully saturated rings. The van der Waals surface area contributed by atoms with E-state index in [1.54, 1.807) is 0 Å². The quantitative estimate of drug-likeness (QED) is 0.517. The normalized spacial score (nSPS) is 29.4. The lowest BCUT2D eigenvalue weighted by Crippen LogP contribution is -2.09. The second-order valence-electron chi connectivity index (χ2n) is 1.38. The predicted octanol–water partition coefficient (Wildman–Crippen LogP) is 1.44. The van der Waals surface area contributed by atoms with Crippen LogP contribution in [0.4, 0.5) is 4.39 Å². The van der Waals surface area contributed by atoms with Crippen molar-refractivity contribution in [1.82, 2.24) is 5.32 Å². The van der Waals surface area contributed by atoms with Gasteiger partial charge in [0.15, 0.2) is 5.16 Å². The molecule has 1 unspecified atom stereocenters. The van der Waals surface area contributed by atoms with Gasteiger partial charge in [-0.25, -0.2) is 0 Å². The highest BCUT2D eigenvalue weighted by Crippen LogP contribution is 2.24. The Labute approximate surface area is 46.0 Å². The first-order chi connectivity index (χ1) is 3.29. The molecule has 1 atom stereocenters. The Morgan fingerprint density at radius 3 is 2.86 bits per heavy atom. The Hall–Kier alpha value is -0.180. The minimum atomic E-state index is -0.118. The number of halogens is 1. The van der Waals surface area contributed by atoms with E-state index in [-0.39, 0.29) is 10.5 Å². The molecule has 1 aliphatic heterocycles. The summed E-state index contributed by atoms with van der Waals surface area (Å²) in [5, 5.41) is 2.90. The fraction of sp³-hybridized carbons (Fsp3) is 0.500. The van der Waals surface area contributed by atoms with Gasteiger partial charge >= 0.3 is 0 Å². The molecule has 0 aromatic carbocycles. The molecule has 0 spiro atoms. The molecular formula is C4H6FNS. The number of thioether (sulfide) groups is 1. The lowest BCUT2D eigenvalue weighted by atomic mass is 10.7. The van der Waals surface area contributed by atoms with Gasteiger partial charge in [-0.05, 0) is 6.92 Å². The molecule has 0 aromatic rings. The van der Waals surface area contributed by atoms with E-state index >= 15 is 0 Å². The van der Waals surface area contributed by atoms with Gasteiger partial charge < -0.3 is 5.32 Å². The maximum absolute atomic E-state index is 11.9. The van der Waals surface area contributed by atoms with Crippen molar-refractivity contribution < 1.29 is 4.39 Å². The van der Waals surface area contributed by atoms with E-state index < -0.39 is 0 Å². The van der Waals surface area contributed by atoms with Crippen molar-refractivity contribution >= 4 is 11.8 Å². The van der Waals surface area contributed by atoms with Crippen LogP contribution >= 0.6 is 11.8 Å². The minimum absolute atomic E-state index is 0.118. The maximum atomic E-state index is 11.9. The molecule has 0 radical (unpaired) electrons. The second kappa shape index (κ2) is 1.74. The van der Waals surface area contributed by atoms with Gasteiger partial charge in [-0.1, -0.05) is 11.8 Å². The summed E-state index contributed by atoms with van der Waals surface area (Å²) in [5.41, 5.74) is 0. The zero-order valence-corrected chi connectivity index (χ0v) is 4.76. The molecule has 1 aliphatic rings. The number of nitrogens with one attached hydrogen (secondary N) is 1. The van der Waals surface area contributed by atoms with E-state index in [1.807, 2.05) is 6.92 Å². The molecule has 0 aromatic heterocycles. The third-order valence-corrected chi connectivity index (χ3v) is 1.55. The standard InChI is InChI=1S/C4H6FNS/c1-3-6-2-4(5)7-3/h2-3,6H,1H3. The minimum Gasteiger partial charge on any atom is -0.376 e. The van der Waals surface area contributed by atoms with Crippen LogP contribution in [0.2, 0.25) is 0 Å². The molecule has 0 bridgehead atoms. The average molecular weight is 119 g/mol. The van der Waals surface area contributed by atoms with Gasteiger partial charge in [0, 0.05) is 6.20 Å². The van der Waals surface area contributed by atoms with Gasteiger partial charge in [0.25, 0.3) is 0 Å². The Bertz CT molecular complexity index is 102. The molecule has 7 heavy (non-hydrogen) atoms. The highest BCUT2D eigenvalue weighted by Gasteiger charge is 2.09. The molecule has 0 amide bonds. The summed E-state index contributed by atoms with van der Waals surface area (Å²) in [6.07, 6.45) is 1.38. The van der Waals surface area contributed by atoms with Gasteiger partial charge in [0.1, 0.15) is 0 Å². The summed E-state index contributed by atoms with van der Waals surface area (Å²) in [5.74, 6) is 0. The zero-order valence-electron chi connectivity index (χ0n) is 3.94.